The molecule has 0 saturated carbocycles. The van der Waals surface area contributed by atoms with E-state index in [9.17, 15) is 0 Å². The second-order valence-corrected chi connectivity index (χ2v) is 15.4. The molecular formula is C51H29N3S. The Morgan fingerprint density at radius 2 is 0.891 bits per heavy atom. The van der Waals surface area contributed by atoms with Crippen LogP contribution in [-0.2, 0) is 0 Å². The molecule has 0 saturated heterocycles. The molecule has 55 heavy (non-hydrogen) atoms. The normalized spacial score (nSPS) is 12.0. The maximum atomic E-state index is 5.37. The third-order valence-electron chi connectivity index (χ3n) is 11.2. The van der Waals surface area contributed by atoms with Gasteiger partial charge in [-0.25, -0.2) is 15.0 Å². The quantitative estimate of drug-likeness (QED) is 0.171. The summed E-state index contributed by atoms with van der Waals surface area (Å²) in [5.74, 6) is 1.97. The highest BCUT2D eigenvalue weighted by Gasteiger charge is 2.19. The molecule has 0 aliphatic rings. The van der Waals surface area contributed by atoms with E-state index in [-0.39, 0.29) is 0 Å². The Bertz CT molecular complexity index is 3560. The number of nitrogens with zero attached hydrogens (tertiary/aromatic N) is 3. The molecule has 0 bridgehead atoms. The molecule has 0 N–H and O–H groups in total. The van der Waals surface area contributed by atoms with Gasteiger partial charge in [0.1, 0.15) is 0 Å². The molecule has 0 spiro atoms. The minimum atomic E-state index is 0.652. The lowest BCUT2D eigenvalue weighted by atomic mass is 9.94. The fraction of sp³-hybridized carbons (Fsp3) is 0. The Balaban J connectivity index is 1.15. The first-order valence-corrected chi connectivity index (χ1v) is 19.4. The van der Waals surface area contributed by atoms with E-state index < -0.39 is 0 Å². The Kier molecular flexibility index (Phi) is 6.50. The molecule has 0 atom stereocenters. The SMILES string of the molecule is c1ccc2cc(-c3nc(-c4cc5ccccc5c5ccccc45)nc(-c4cccc5c4ccc4ccc6sc7cc8ccccc8cc7c6c45)n3)ccc2c1. The third-order valence-corrected chi connectivity index (χ3v) is 12.4. The summed E-state index contributed by atoms with van der Waals surface area (Å²) >= 11 is 1.87. The summed E-state index contributed by atoms with van der Waals surface area (Å²) in [7, 11) is 0. The highest BCUT2D eigenvalue weighted by atomic mass is 32.1. The Labute approximate surface area is 319 Å². The van der Waals surface area contributed by atoms with Gasteiger partial charge in [0, 0.05) is 36.9 Å². The lowest BCUT2D eigenvalue weighted by molar-refractivity contribution is 1.08. The molecule has 0 unspecified atom stereocenters. The van der Waals surface area contributed by atoms with E-state index in [1.807, 2.05) is 11.3 Å². The summed E-state index contributed by atoms with van der Waals surface area (Å²) in [6, 6.07) is 63.3. The van der Waals surface area contributed by atoms with E-state index in [4.69, 9.17) is 15.0 Å². The molecule has 0 amide bonds. The van der Waals surface area contributed by atoms with Gasteiger partial charge in [0.25, 0.3) is 0 Å². The van der Waals surface area contributed by atoms with Crippen LogP contribution in [0.5, 0.6) is 0 Å². The first-order valence-electron chi connectivity index (χ1n) is 18.6. The summed E-state index contributed by atoms with van der Waals surface area (Å²) in [6.07, 6.45) is 0. The van der Waals surface area contributed by atoms with Gasteiger partial charge in [-0.3, -0.25) is 0 Å². The second-order valence-electron chi connectivity index (χ2n) is 14.4. The molecule has 0 aliphatic heterocycles. The third kappa shape index (κ3) is 4.72. The van der Waals surface area contributed by atoms with Crippen LogP contribution >= 0.6 is 11.3 Å². The standard InChI is InChI=1S/C51H29N3S/c1-2-11-32-26-36(21-20-30(32)10-1)49-52-50(54-51(53-49)43-28-35-14-5-6-15-37(35)38-16-7-8-17-39(38)43)42-19-9-18-41-40(42)24-22-31-23-25-45-48(47(31)41)44-27-33-12-3-4-13-34(33)29-46(44)55-45/h1-29H. The number of benzene rings is 10. The lowest BCUT2D eigenvalue weighted by Gasteiger charge is -2.14. The predicted molar refractivity (Wildman–Crippen MR) is 234 cm³/mol. The summed E-state index contributed by atoms with van der Waals surface area (Å²) in [5, 5.41) is 16.9. The maximum Gasteiger partial charge on any atom is 0.164 e. The zero-order valence-corrected chi connectivity index (χ0v) is 30.3. The van der Waals surface area contributed by atoms with Crippen molar-refractivity contribution < 1.29 is 0 Å². The number of aromatic nitrogens is 3. The van der Waals surface area contributed by atoms with Crippen LogP contribution < -0.4 is 0 Å². The highest BCUT2D eigenvalue weighted by molar-refractivity contribution is 7.26. The van der Waals surface area contributed by atoms with Crippen LogP contribution in [-0.4, -0.2) is 15.0 Å². The van der Waals surface area contributed by atoms with Crippen molar-refractivity contribution in [2.24, 2.45) is 0 Å². The molecule has 4 heteroatoms. The number of rotatable bonds is 3. The van der Waals surface area contributed by atoms with Gasteiger partial charge in [0.15, 0.2) is 17.5 Å². The molecule has 254 valence electrons. The van der Waals surface area contributed by atoms with E-state index in [0.29, 0.717) is 17.5 Å². The van der Waals surface area contributed by atoms with Gasteiger partial charge in [-0.1, -0.05) is 146 Å². The number of thiophene rings is 1. The highest BCUT2D eigenvalue weighted by Crippen LogP contribution is 2.44. The van der Waals surface area contributed by atoms with E-state index in [2.05, 4.69) is 176 Å². The van der Waals surface area contributed by atoms with Crippen LogP contribution in [0.1, 0.15) is 0 Å². The average Bonchev–Trinajstić information content (AvgIpc) is 3.62. The van der Waals surface area contributed by atoms with Crippen LogP contribution in [0.25, 0.3) is 119 Å². The predicted octanol–water partition coefficient (Wildman–Crippen LogP) is 14.2. The largest absolute Gasteiger partial charge is 0.208 e. The number of hydrogen-bond acceptors (Lipinski definition) is 4. The van der Waals surface area contributed by atoms with E-state index >= 15 is 0 Å². The zero-order valence-electron chi connectivity index (χ0n) is 29.5. The topological polar surface area (TPSA) is 38.7 Å². The number of fused-ring (bicyclic) bond motifs is 12. The number of hydrogen-bond donors (Lipinski definition) is 0. The van der Waals surface area contributed by atoms with Crippen LogP contribution in [0, 0.1) is 0 Å². The van der Waals surface area contributed by atoms with Gasteiger partial charge in [0.2, 0.25) is 0 Å². The monoisotopic (exact) mass is 715 g/mol. The Hall–Kier alpha value is -7.01. The first kappa shape index (κ1) is 30.5. The van der Waals surface area contributed by atoms with Crippen LogP contribution in [0.4, 0.5) is 0 Å². The van der Waals surface area contributed by atoms with Crippen LogP contribution in [0.15, 0.2) is 176 Å². The van der Waals surface area contributed by atoms with Gasteiger partial charge in [-0.15, -0.1) is 11.3 Å². The fourth-order valence-corrected chi connectivity index (χ4v) is 9.79. The summed E-state index contributed by atoms with van der Waals surface area (Å²) in [6.45, 7) is 0. The summed E-state index contributed by atoms with van der Waals surface area (Å²) in [4.78, 5) is 15.9. The average molecular weight is 716 g/mol. The van der Waals surface area contributed by atoms with Gasteiger partial charge >= 0.3 is 0 Å². The van der Waals surface area contributed by atoms with Gasteiger partial charge in [-0.05, 0) is 95.0 Å². The van der Waals surface area contributed by atoms with Crippen molar-refractivity contribution in [3.05, 3.63) is 176 Å². The van der Waals surface area contributed by atoms with Crippen molar-refractivity contribution in [3.63, 3.8) is 0 Å². The molecule has 12 aromatic rings. The molecule has 12 rings (SSSR count). The first-order chi connectivity index (χ1) is 27.2. The Morgan fingerprint density at radius 3 is 1.73 bits per heavy atom. The molecule has 0 aliphatic carbocycles. The van der Waals surface area contributed by atoms with Crippen molar-refractivity contribution in [2.75, 3.05) is 0 Å². The van der Waals surface area contributed by atoms with Crippen LogP contribution in [0.2, 0.25) is 0 Å². The van der Waals surface area contributed by atoms with Gasteiger partial charge in [-0.2, -0.15) is 0 Å². The molecular weight excluding hydrogens is 687 g/mol. The summed E-state index contributed by atoms with van der Waals surface area (Å²) in [5.41, 5.74) is 2.93. The van der Waals surface area contributed by atoms with E-state index in [1.165, 1.54) is 63.3 Å². The lowest BCUT2D eigenvalue weighted by Crippen LogP contribution is -2.01. The zero-order chi connectivity index (χ0) is 36.0. The van der Waals surface area contributed by atoms with E-state index in [1.54, 1.807) is 0 Å². The van der Waals surface area contributed by atoms with Gasteiger partial charge < -0.3 is 0 Å². The van der Waals surface area contributed by atoms with Crippen LogP contribution in [0.3, 0.4) is 0 Å². The Morgan fingerprint density at radius 1 is 0.291 bits per heavy atom. The molecule has 2 heterocycles. The molecule has 2 aromatic heterocycles. The van der Waals surface area contributed by atoms with E-state index in [0.717, 1.165) is 38.2 Å². The second kappa shape index (κ2) is 11.7. The van der Waals surface area contributed by atoms with Crippen molar-refractivity contribution >= 4 is 96.1 Å². The van der Waals surface area contributed by atoms with Crippen molar-refractivity contribution in [2.45, 2.75) is 0 Å². The van der Waals surface area contributed by atoms with Crippen molar-refractivity contribution in [3.8, 4) is 34.2 Å². The molecule has 3 nitrogen and oxygen atoms in total. The molecule has 0 radical (unpaired) electrons. The smallest absolute Gasteiger partial charge is 0.164 e. The molecule has 10 aromatic carbocycles. The fourth-order valence-electron chi connectivity index (χ4n) is 8.64. The van der Waals surface area contributed by atoms with Crippen molar-refractivity contribution in [1.82, 2.24) is 15.0 Å². The summed E-state index contributed by atoms with van der Waals surface area (Å²) < 4.78 is 2.60. The van der Waals surface area contributed by atoms with Gasteiger partial charge in [0.05, 0.1) is 0 Å². The molecule has 0 fully saturated rings. The van der Waals surface area contributed by atoms with Crippen molar-refractivity contribution in [1.29, 1.82) is 0 Å². The maximum absolute atomic E-state index is 5.37. The minimum absolute atomic E-state index is 0.652. The minimum Gasteiger partial charge on any atom is -0.208 e.